The molecule has 178 valence electrons. The number of hydrogen-bond donors (Lipinski definition) is 0. The Morgan fingerprint density at radius 3 is 2.76 bits per heavy atom. The fourth-order valence-corrected chi connectivity index (χ4v) is 4.62. The zero-order chi connectivity index (χ0) is 23.8. The first kappa shape index (κ1) is 24.7. The molecule has 1 aromatic heterocycles. The highest BCUT2D eigenvalue weighted by molar-refractivity contribution is 7.13. The van der Waals surface area contributed by atoms with Gasteiger partial charge in [0.2, 0.25) is 11.8 Å². The predicted octanol–water partition coefficient (Wildman–Crippen LogP) is 3.01. The van der Waals surface area contributed by atoms with E-state index >= 15 is 0 Å². The number of piperidine rings is 1. The molecule has 0 N–H and O–H groups in total. The van der Waals surface area contributed by atoms with Gasteiger partial charge in [-0.3, -0.25) is 14.4 Å². The maximum Gasteiger partial charge on any atom is 0.310 e. The molecule has 0 aliphatic carbocycles. The Bertz CT molecular complexity index is 977. The van der Waals surface area contributed by atoms with Crippen LogP contribution >= 0.6 is 11.3 Å². The summed E-state index contributed by atoms with van der Waals surface area (Å²) in [6.45, 7) is 5.49. The Labute approximate surface area is 198 Å². The van der Waals surface area contributed by atoms with Crippen LogP contribution in [0.4, 0.5) is 0 Å². The highest BCUT2D eigenvalue weighted by Crippen LogP contribution is 2.32. The summed E-state index contributed by atoms with van der Waals surface area (Å²) >= 11 is 1.46. The number of aromatic nitrogens is 1. The molecule has 1 aliphatic rings. The minimum Gasteiger partial charge on any atom is -0.493 e. The molecule has 1 fully saturated rings. The van der Waals surface area contributed by atoms with E-state index in [9.17, 15) is 14.4 Å². The molecule has 1 atom stereocenters. The number of rotatable bonds is 9. The first-order valence-electron chi connectivity index (χ1n) is 11.3. The first-order chi connectivity index (χ1) is 15.9. The molecule has 2 aromatic rings. The number of hydrogen-bond acceptors (Lipinski definition) is 7. The second-order valence-corrected chi connectivity index (χ2v) is 8.79. The Balaban J connectivity index is 1.56. The van der Waals surface area contributed by atoms with Crippen LogP contribution in [0.25, 0.3) is 10.6 Å². The molecule has 1 unspecified atom stereocenters. The Hall–Kier alpha value is -2.94. The summed E-state index contributed by atoms with van der Waals surface area (Å²) in [4.78, 5) is 45.2. The lowest BCUT2D eigenvalue weighted by Crippen LogP contribution is -2.47. The van der Waals surface area contributed by atoms with Gasteiger partial charge in [0.25, 0.3) is 0 Å². The number of ether oxygens (including phenoxy) is 2. The van der Waals surface area contributed by atoms with Crippen molar-refractivity contribution in [1.82, 2.24) is 14.8 Å². The van der Waals surface area contributed by atoms with Crippen LogP contribution in [0.2, 0.25) is 0 Å². The average Bonchev–Trinajstić information content (AvgIpc) is 3.28. The lowest BCUT2D eigenvalue weighted by Gasteiger charge is -2.32. The second kappa shape index (κ2) is 11.8. The highest BCUT2D eigenvalue weighted by Gasteiger charge is 2.30. The van der Waals surface area contributed by atoms with Crippen molar-refractivity contribution in [2.75, 3.05) is 39.9 Å². The van der Waals surface area contributed by atoms with Gasteiger partial charge in [-0.2, -0.15) is 0 Å². The van der Waals surface area contributed by atoms with E-state index in [1.165, 1.54) is 16.2 Å². The summed E-state index contributed by atoms with van der Waals surface area (Å²) in [6, 6.07) is 7.69. The lowest BCUT2D eigenvalue weighted by molar-refractivity contribution is -0.152. The zero-order valence-corrected chi connectivity index (χ0v) is 20.2. The number of carbonyl (C=O) groups is 3. The van der Waals surface area contributed by atoms with Gasteiger partial charge in [-0.25, -0.2) is 4.98 Å². The molecule has 3 rings (SSSR count). The van der Waals surface area contributed by atoms with Crippen LogP contribution in [0.1, 0.15) is 32.4 Å². The second-order valence-electron chi connectivity index (χ2n) is 7.93. The molecule has 1 aliphatic heterocycles. The smallest absolute Gasteiger partial charge is 0.310 e. The molecule has 2 heterocycles. The van der Waals surface area contributed by atoms with E-state index in [-0.39, 0.29) is 36.7 Å². The summed E-state index contributed by atoms with van der Waals surface area (Å²) in [7, 11) is 1.62. The fourth-order valence-electron chi connectivity index (χ4n) is 3.77. The van der Waals surface area contributed by atoms with Gasteiger partial charge in [-0.1, -0.05) is 12.1 Å². The molecule has 0 spiro atoms. The number of benzene rings is 1. The number of nitrogens with zero attached hydrogens (tertiary/aromatic N) is 3. The molecule has 0 bridgehead atoms. The van der Waals surface area contributed by atoms with Crippen LogP contribution in [0.15, 0.2) is 29.6 Å². The third kappa shape index (κ3) is 6.54. The SMILES string of the molecule is CCOC(=O)C1CCCN(C(=O)CN(C)C(=O)Cc2csc(-c3ccccc3OCC)n2)C1. The highest BCUT2D eigenvalue weighted by atomic mass is 32.1. The van der Waals surface area contributed by atoms with Crippen molar-refractivity contribution < 1.29 is 23.9 Å². The molecule has 8 nitrogen and oxygen atoms in total. The third-order valence-electron chi connectivity index (χ3n) is 5.49. The minimum absolute atomic E-state index is 0.0292. The van der Waals surface area contributed by atoms with E-state index in [0.29, 0.717) is 32.0 Å². The number of para-hydroxylation sites is 1. The number of likely N-dealkylation sites (tertiary alicyclic amines) is 1. The summed E-state index contributed by atoms with van der Waals surface area (Å²) in [5, 5.41) is 2.65. The van der Waals surface area contributed by atoms with E-state index < -0.39 is 0 Å². The van der Waals surface area contributed by atoms with E-state index in [2.05, 4.69) is 4.98 Å². The van der Waals surface area contributed by atoms with Crippen LogP contribution in [0, 0.1) is 5.92 Å². The van der Waals surface area contributed by atoms with Crippen molar-refractivity contribution in [3.8, 4) is 16.3 Å². The number of thiazole rings is 1. The molecule has 1 saturated heterocycles. The minimum atomic E-state index is -0.295. The van der Waals surface area contributed by atoms with Crippen molar-refractivity contribution in [1.29, 1.82) is 0 Å². The van der Waals surface area contributed by atoms with Crippen LogP contribution in [0.5, 0.6) is 5.75 Å². The molecule has 2 amide bonds. The molecule has 0 saturated carbocycles. The molecular weight excluding hydrogens is 442 g/mol. The van der Waals surface area contributed by atoms with Crippen molar-refractivity contribution in [3.63, 3.8) is 0 Å². The fraction of sp³-hybridized carbons (Fsp3) is 0.500. The first-order valence-corrected chi connectivity index (χ1v) is 12.2. The molecule has 1 aromatic carbocycles. The standard InChI is InChI=1S/C24H31N3O5S/c1-4-31-20-11-7-6-10-19(20)23-25-18(16-33-23)13-21(28)26(3)15-22(29)27-12-8-9-17(14-27)24(30)32-5-2/h6-7,10-11,16-17H,4-5,8-9,12-15H2,1-3H3. The van der Waals surface area contributed by atoms with E-state index in [1.54, 1.807) is 18.9 Å². The van der Waals surface area contributed by atoms with E-state index in [1.807, 2.05) is 36.6 Å². The average molecular weight is 474 g/mol. The Kier molecular flexibility index (Phi) is 8.82. The van der Waals surface area contributed by atoms with Crippen molar-refractivity contribution in [2.24, 2.45) is 5.92 Å². The van der Waals surface area contributed by atoms with Crippen molar-refractivity contribution in [2.45, 2.75) is 33.1 Å². The summed E-state index contributed by atoms with van der Waals surface area (Å²) in [5.41, 5.74) is 1.55. The van der Waals surface area contributed by atoms with Gasteiger partial charge in [0.15, 0.2) is 0 Å². The number of likely N-dealkylation sites (N-methyl/N-ethyl adjacent to an activating group) is 1. The van der Waals surface area contributed by atoms with Crippen molar-refractivity contribution >= 4 is 29.1 Å². The van der Waals surface area contributed by atoms with Crippen molar-refractivity contribution in [3.05, 3.63) is 35.3 Å². The van der Waals surface area contributed by atoms with Crippen LogP contribution in [0.3, 0.4) is 0 Å². The predicted molar refractivity (Wildman–Crippen MR) is 126 cm³/mol. The molecule has 33 heavy (non-hydrogen) atoms. The number of esters is 1. The van der Waals surface area contributed by atoms with E-state index in [4.69, 9.17) is 9.47 Å². The normalized spacial score (nSPS) is 15.7. The number of carbonyl (C=O) groups excluding carboxylic acids is 3. The quantitative estimate of drug-likeness (QED) is 0.520. The molecule has 0 radical (unpaired) electrons. The molecular formula is C24H31N3O5S. The van der Waals surface area contributed by atoms with Gasteiger partial charge in [0.05, 0.1) is 43.4 Å². The summed E-state index contributed by atoms with van der Waals surface area (Å²) < 4.78 is 10.8. The largest absolute Gasteiger partial charge is 0.493 e. The maximum atomic E-state index is 12.7. The lowest BCUT2D eigenvalue weighted by atomic mass is 9.98. The maximum absolute atomic E-state index is 12.7. The summed E-state index contributed by atoms with van der Waals surface area (Å²) in [5.74, 6) is -0.138. The molecule has 9 heteroatoms. The van der Waals surface area contributed by atoms with Crippen LogP contribution in [-0.2, 0) is 25.5 Å². The van der Waals surface area contributed by atoms with Gasteiger partial charge in [0.1, 0.15) is 10.8 Å². The van der Waals surface area contributed by atoms with Crippen LogP contribution < -0.4 is 4.74 Å². The van der Waals surface area contributed by atoms with Gasteiger partial charge in [-0.15, -0.1) is 11.3 Å². The Morgan fingerprint density at radius 1 is 1.21 bits per heavy atom. The van der Waals surface area contributed by atoms with Gasteiger partial charge in [-0.05, 0) is 38.8 Å². The van der Waals surface area contributed by atoms with Gasteiger partial charge >= 0.3 is 5.97 Å². The third-order valence-corrected chi connectivity index (χ3v) is 6.42. The zero-order valence-electron chi connectivity index (χ0n) is 19.4. The van der Waals surface area contributed by atoms with Gasteiger partial charge < -0.3 is 19.3 Å². The Morgan fingerprint density at radius 2 is 2.00 bits per heavy atom. The topological polar surface area (TPSA) is 89.0 Å². The summed E-state index contributed by atoms with van der Waals surface area (Å²) in [6.07, 6.45) is 1.58. The van der Waals surface area contributed by atoms with Crippen LogP contribution in [-0.4, -0.2) is 72.5 Å². The van der Waals surface area contributed by atoms with Gasteiger partial charge in [0, 0.05) is 25.5 Å². The monoisotopic (exact) mass is 473 g/mol. The number of amides is 2. The van der Waals surface area contributed by atoms with E-state index in [0.717, 1.165) is 29.2 Å².